The molecule has 0 aromatic heterocycles. The number of nitrogens with two attached hydrogens (primary N) is 1. The van der Waals surface area contributed by atoms with Crippen molar-refractivity contribution in [2.24, 2.45) is 5.14 Å². The van der Waals surface area contributed by atoms with Gasteiger partial charge in [0.15, 0.2) is 11.6 Å². The van der Waals surface area contributed by atoms with E-state index in [1.165, 1.54) is 24.3 Å². The third-order valence-electron chi connectivity index (χ3n) is 2.85. The summed E-state index contributed by atoms with van der Waals surface area (Å²) in [6.45, 7) is 1.70. The molecule has 112 valence electrons. The van der Waals surface area contributed by atoms with Gasteiger partial charge in [-0.1, -0.05) is 6.07 Å². The van der Waals surface area contributed by atoms with Gasteiger partial charge in [-0.25, -0.2) is 22.3 Å². The van der Waals surface area contributed by atoms with Crippen molar-refractivity contribution in [3.05, 3.63) is 59.2 Å². The summed E-state index contributed by atoms with van der Waals surface area (Å²) < 4.78 is 53.7. The van der Waals surface area contributed by atoms with Crippen LogP contribution in [0.5, 0.6) is 5.75 Å². The van der Waals surface area contributed by atoms with E-state index in [1.54, 1.807) is 6.92 Å². The Morgan fingerprint density at radius 2 is 1.81 bits per heavy atom. The van der Waals surface area contributed by atoms with Gasteiger partial charge < -0.3 is 4.74 Å². The van der Waals surface area contributed by atoms with E-state index >= 15 is 0 Å². The van der Waals surface area contributed by atoms with Gasteiger partial charge in [0.2, 0.25) is 10.0 Å². The van der Waals surface area contributed by atoms with Crippen LogP contribution >= 0.6 is 0 Å². The fourth-order valence-electron chi connectivity index (χ4n) is 1.75. The Labute approximate surface area is 121 Å². The van der Waals surface area contributed by atoms with E-state index in [2.05, 4.69) is 0 Å². The Hall–Kier alpha value is -1.99. The molecule has 2 rings (SSSR count). The van der Waals surface area contributed by atoms with Gasteiger partial charge in [0.05, 0.1) is 4.90 Å². The molecule has 0 heterocycles. The second kappa shape index (κ2) is 5.79. The highest BCUT2D eigenvalue weighted by atomic mass is 32.2. The van der Waals surface area contributed by atoms with E-state index in [1.807, 2.05) is 0 Å². The van der Waals surface area contributed by atoms with Crippen molar-refractivity contribution in [1.29, 1.82) is 0 Å². The first-order valence-electron chi connectivity index (χ1n) is 5.97. The van der Waals surface area contributed by atoms with Gasteiger partial charge in [-0.3, -0.25) is 0 Å². The molecule has 0 aliphatic heterocycles. The topological polar surface area (TPSA) is 69.4 Å². The van der Waals surface area contributed by atoms with Gasteiger partial charge >= 0.3 is 0 Å². The second-order valence-corrected chi connectivity index (χ2v) is 6.07. The van der Waals surface area contributed by atoms with Crippen molar-refractivity contribution in [1.82, 2.24) is 0 Å². The minimum atomic E-state index is -3.77. The first-order chi connectivity index (χ1) is 9.77. The number of sulfonamides is 1. The summed E-state index contributed by atoms with van der Waals surface area (Å²) in [6.07, 6.45) is 0. The Morgan fingerprint density at radius 1 is 1.10 bits per heavy atom. The molecule has 0 aliphatic rings. The van der Waals surface area contributed by atoms with Gasteiger partial charge in [-0.2, -0.15) is 0 Å². The molecule has 0 fully saturated rings. The number of hydrogen-bond acceptors (Lipinski definition) is 3. The minimum Gasteiger partial charge on any atom is -0.489 e. The Balaban J connectivity index is 2.15. The van der Waals surface area contributed by atoms with Gasteiger partial charge in [0.1, 0.15) is 12.4 Å². The second-order valence-electron chi connectivity index (χ2n) is 4.51. The lowest BCUT2D eigenvalue weighted by Gasteiger charge is -2.10. The summed E-state index contributed by atoms with van der Waals surface area (Å²) in [4.78, 5) is -0.0137. The standard InChI is InChI=1S/C14H13F2NO3S/c1-9-6-11(21(17,18)19)3-5-14(9)20-8-10-2-4-12(15)13(16)7-10/h2-7H,8H2,1H3,(H2,17,18,19). The van der Waals surface area contributed by atoms with Crippen molar-refractivity contribution < 1.29 is 21.9 Å². The van der Waals surface area contributed by atoms with Gasteiger partial charge in [0, 0.05) is 0 Å². The highest BCUT2D eigenvalue weighted by Crippen LogP contribution is 2.22. The van der Waals surface area contributed by atoms with Crippen LogP contribution in [-0.4, -0.2) is 8.42 Å². The number of benzene rings is 2. The molecular weight excluding hydrogens is 300 g/mol. The van der Waals surface area contributed by atoms with Crippen LogP contribution in [0, 0.1) is 18.6 Å². The van der Waals surface area contributed by atoms with E-state index < -0.39 is 21.7 Å². The van der Waals surface area contributed by atoms with Gasteiger partial charge in [-0.15, -0.1) is 0 Å². The predicted octanol–water partition coefficient (Wildman–Crippen LogP) is 2.50. The molecule has 0 saturated heterocycles. The van der Waals surface area contributed by atoms with Gasteiger partial charge in [0.25, 0.3) is 0 Å². The fraction of sp³-hybridized carbons (Fsp3) is 0.143. The van der Waals surface area contributed by atoms with Crippen LogP contribution in [0.4, 0.5) is 8.78 Å². The molecule has 0 saturated carbocycles. The van der Waals surface area contributed by atoms with Crippen molar-refractivity contribution in [2.75, 3.05) is 0 Å². The predicted molar refractivity (Wildman–Crippen MR) is 73.2 cm³/mol. The highest BCUT2D eigenvalue weighted by Gasteiger charge is 2.10. The van der Waals surface area contributed by atoms with Crippen molar-refractivity contribution >= 4 is 10.0 Å². The third kappa shape index (κ3) is 3.77. The third-order valence-corrected chi connectivity index (χ3v) is 3.76. The molecule has 0 atom stereocenters. The lowest BCUT2D eigenvalue weighted by Crippen LogP contribution is -2.12. The average molecular weight is 313 g/mol. The smallest absolute Gasteiger partial charge is 0.238 e. The SMILES string of the molecule is Cc1cc(S(N)(=O)=O)ccc1OCc1ccc(F)c(F)c1. The molecule has 7 heteroatoms. The fourth-order valence-corrected chi connectivity index (χ4v) is 2.35. The molecular formula is C14H13F2NO3S. The van der Waals surface area contributed by atoms with Crippen LogP contribution in [0.15, 0.2) is 41.3 Å². The first kappa shape index (κ1) is 15.4. The zero-order chi connectivity index (χ0) is 15.6. The molecule has 4 nitrogen and oxygen atoms in total. The minimum absolute atomic E-state index is 0.0137. The van der Waals surface area contributed by atoms with Crippen LogP contribution in [0.25, 0.3) is 0 Å². The van der Waals surface area contributed by atoms with E-state index in [0.717, 1.165) is 12.1 Å². The maximum Gasteiger partial charge on any atom is 0.238 e. The monoisotopic (exact) mass is 313 g/mol. The largest absolute Gasteiger partial charge is 0.489 e. The highest BCUT2D eigenvalue weighted by molar-refractivity contribution is 7.89. The molecule has 0 radical (unpaired) electrons. The van der Waals surface area contributed by atoms with Crippen LogP contribution in [0.1, 0.15) is 11.1 Å². The summed E-state index contributed by atoms with van der Waals surface area (Å²) in [7, 11) is -3.77. The molecule has 0 bridgehead atoms. The van der Waals surface area contributed by atoms with E-state index in [0.29, 0.717) is 16.9 Å². The van der Waals surface area contributed by atoms with Crippen LogP contribution < -0.4 is 9.88 Å². The summed E-state index contributed by atoms with van der Waals surface area (Å²) in [5.74, 6) is -1.43. The Morgan fingerprint density at radius 3 is 2.38 bits per heavy atom. The van der Waals surface area contributed by atoms with Crippen molar-refractivity contribution in [2.45, 2.75) is 18.4 Å². The lowest BCUT2D eigenvalue weighted by molar-refractivity contribution is 0.302. The Bertz CT molecular complexity index is 776. The number of ether oxygens (including phenoxy) is 1. The normalized spacial score (nSPS) is 11.4. The molecule has 21 heavy (non-hydrogen) atoms. The van der Waals surface area contributed by atoms with Crippen molar-refractivity contribution in [3.8, 4) is 5.75 Å². The summed E-state index contributed by atoms with van der Waals surface area (Å²) in [5.41, 5.74) is 1.04. The maximum absolute atomic E-state index is 13.1. The van der Waals surface area contributed by atoms with E-state index in [4.69, 9.17) is 9.88 Å². The zero-order valence-corrected chi connectivity index (χ0v) is 12.0. The van der Waals surface area contributed by atoms with E-state index in [-0.39, 0.29) is 11.5 Å². The first-order valence-corrected chi connectivity index (χ1v) is 7.52. The Kier molecular flexibility index (Phi) is 4.24. The van der Waals surface area contributed by atoms with E-state index in [9.17, 15) is 17.2 Å². The summed E-state index contributed by atoms with van der Waals surface area (Å²) >= 11 is 0. The molecule has 2 aromatic rings. The molecule has 0 aliphatic carbocycles. The van der Waals surface area contributed by atoms with Crippen molar-refractivity contribution in [3.63, 3.8) is 0 Å². The zero-order valence-electron chi connectivity index (χ0n) is 11.1. The summed E-state index contributed by atoms with van der Waals surface area (Å²) in [5, 5.41) is 5.03. The quantitative estimate of drug-likeness (QED) is 0.943. The number of hydrogen-bond donors (Lipinski definition) is 1. The van der Waals surface area contributed by atoms with Crippen LogP contribution in [0.2, 0.25) is 0 Å². The number of aryl methyl sites for hydroxylation is 1. The van der Waals surface area contributed by atoms with Crippen LogP contribution in [0.3, 0.4) is 0 Å². The maximum atomic E-state index is 13.1. The lowest BCUT2D eigenvalue weighted by atomic mass is 10.2. The number of primary sulfonamides is 1. The van der Waals surface area contributed by atoms with Crippen LogP contribution in [-0.2, 0) is 16.6 Å². The average Bonchev–Trinajstić information content (AvgIpc) is 2.40. The van der Waals surface area contributed by atoms with Gasteiger partial charge in [-0.05, 0) is 48.4 Å². The molecule has 0 spiro atoms. The molecule has 0 unspecified atom stereocenters. The number of rotatable bonds is 4. The molecule has 2 N–H and O–H groups in total. The molecule has 2 aromatic carbocycles. The summed E-state index contributed by atoms with van der Waals surface area (Å²) in [6, 6.07) is 7.65. The number of halogens is 2. The molecule has 0 amide bonds.